The van der Waals surface area contributed by atoms with Crippen LogP contribution in [0.2, 0.25) is 0 Å². The van der Waals surface area contributed by atoms with Crippen molar-refractivity contribution in [3.63, 3.8) is 0 Å². The fourth-order valence-electron chi connectivity index (χ4n) is 2.57. The van der Waals surface area contributed by atoms with Crippen LogP contribution in [0.25, 0.3) is 0 Å². The smallest absolute Gasteiger partial charge is 0.240 e. The topological polar surface area (TPSA) is 111 Å². The first-order valence-electron chi connectivity index (χ1n) is 8.59. The quantitative estimate of drug-likeness (QED) is 0.606. The monoisotopic (exact) mass is 391 g/mol. The Bertz CT molecular complexity index is 884. The number of carbonyl (C=O) groups is 1. The number of hydrogen-bond acceptors (Lipinski definition) is 5. The number of nitrogens with one attached hydrogen (secondary N) is 2. The number of carbonyl (C=O) groups excluding carboxylic acids is 1. The van der Waals surface area contributed by atoms with Crippen LogP contribution < -0.4 is 20.5 Å². The fourth-order valence-corrected chi connectivity index (χ4v) is 3.67. The second kappa shape index (κ2) is 9.50. The Kier molecular flexibility index (Phi) is 7.35. The Morgan fingerprint density at radius 1 is 1.19 bits per heavy atom. The van der Waals surface area contributed by atoms with Crippen molar-refractivity contribution in [2.45, 2.75) is 24.2 Å². The van der Waals surface area contributed by atoms with Crippen LogP contribution in [0.5, 0.6) is 5.75 Å². The highest BCUT2D eigenvalue weighted by Crippen LogP contribution is 2.24. The minimum atomic E-state index is -3.65. The SMILES string of the molecule is COc1cccc(C(C)CC(=O)Nc2cccc(S(=O)(=O)NCCN)c2)c1. The van der Waals surface area contributed by atoms with Crippen LogP contribution in [-0.4, -0.2) is 34.5 Å². The molecular weight excluding hydrogens is 366 g/mol. The van der Waals surface area contributed by atoms with Gasteiger partial charge in [0, 0.05) is 25.2 Å². The molecule has 0 fully saturated rings. The molecule has 0 spiro atoms. The Morgan fingerprint density at radius 3 is 2.63 bits per heavy atom. The minimum Gasteiger partial charge on any atom is -0.497 e. The molecule has 1 amide bonds. The van der Waals surface area contributed by atoms with E-state index in [1.165, 1.54) is 12.1 Å². The maximum Gasteiger partial charge on any atom is 0.240 e. The lowest BCUT2D eigenvalue weighted by molar-refractivity contribution is -0.116. The zero-order chi connectivity index (χ0) is 19.9. The van der Waals surface area contributed by atoms with Crippen LogP contribution in [0, 0.1) is 0 Å². The summed E-state index contributed by atoms with van der Waals surface area (Å²) in [6, 6.07) is 13.7. The molecule has 1 unspecified atom stereocenters. The first-order chi connectivity index (χ1) is 12.9. The highest BCUT2D eigenvalue weighted by molar-refractivity contribution is 7.89. The molecule has 8 heteroatoms. The molecule has 0 radical (unpaired) electrons. The molecule has 0 saturated carbocycles. The van der Waals surface area contributed by atoms with Crippen LogP contribution in [-0.2, 0) is 14.8 Å². The van der Waals surface area contributed by atoms with Crippen molar-refractivity contribution >= 4 is 21.6 Å². The largest absolute Gasteiger partial charge is 0.497 e. The van der Waals surface area contributed by atoms with Gasteiger partial charge in [0.15, 0.2) is 0 Å². The van der Waals surface area contributed by atoms with Crippen molar-refractivity contribution < 1.29 is 17.9 Å². The predicted molar refractivity (Wildman–Crippen MR) is 105 cm³/mol. The third-order valence-electron chi connectivity index (χ3n) is 4.02. The third kappa shape index (κ3) is 6.06. The Morgan fingerprint density at radius 2 is 1.93 bits per heavy atom. The highest BCUT2D eigenvalue weighted by atomic mass is 32.2. The van der Waals surface area contributed by atoms with Crippen LogP contribution in [0.1, 0.15) is 24.8 Å². The van der Waals surface area contributed by atoms with E-state index in [9.17, 15) is 13.2 Å². The van der Waals surface area contributed by atoms with Crippen molar-refractivity contribution in [1.82, 2.24) is 4.72 Å². The molecule has 0 aliphatic heterocycles. The molecule has 0 aliphatic rings. The number of anilines is 1. The van der Waals surface area contributed by atoms with Gasteiger partial charge in [-0.1, -0.05) is 25.1 Å². The van der Waals surface area contributed by atoms with E-state index >= 15 is 0 Å². The van der Waals surface area contributed by atoms with Gasteiger partial charge in [0.2, 0.25) is 15.9 Å². The molecular formula is C19H25N3O4S. The lowest BCUT2D eigenvalue weighted by Crippen LogP contribution is -2.29. The molecule has 27 heavy (non-hydrogen) atoms. The van der Waals surface area contributed by atoms with Gasteiger partial charge >= 0.3 is 0 Å². The maximum absolute atomic E-state index is 12.4. The molecule has 0 saturated heterocycles. The van der Waals surface area contributed by atoms with E-state index in [0.717, 1.165) is 11.3 Å². The van der Waals surface area contributed by atoms with Gasteiger partial charge in [0.1, 0.15) is 5.75 Å². The van der Waals surface area contributed by atoms with Gasteiger partial charge in [-0.2, -0.15) is 0 Å². The second-order valence-electron chi connectivity index (χ2n) is 6.14. The summed E-state index contributed by atoms with van der Waals surface area (Å²) in [5.41, 5.74) is 6.75. The van der Waals surface area contributed by atoms with E-state index < -0.39 is 10.0 Å². The van der Waals surface area contributed by atoms with Gasteiger partial charge in [-0.3, -0.25) is 4.79 Å². The Balaban J connectivity index is 2.04. The molecule has 0 aromatic heterocycles. The molecule has 2 aromatic carbocycles. The van der Waals surface area contributed by atoms with E-state index in [1.54, 1.807) is 19.2 Å². The summed E-state index contributed by atoms with van der Waals surface area (Å²) in [6.07, 6.45) is 0.259. The molecule has 4 N–H and O–H groups in total. The molecule has 2 rings (SSSR count). The average Bonchev–Trinajstić information content (AvgIpc) is 2.66. The zero-order valence-electron chi connectivity index (χ0n) is 15.4. The fraction of sp³-hybridized carbons (Fsp3) is 0.316. The van der Waals surface area contributed by atoms with Crippen LogP contribution in [0.3, 0.4) is 0 Å². The van der Waals surface area contributed by atoms with E-state index in [4.69, 9.17) is 10.5 Å². The number of rotatable bonds is 9. The number of amides is 1. The number of methoxy groups -OCH3 is 1. The minimum absolute atomic E-state index is 0.0155. The second-order valence-corrected chi connectivity index (χ2v) is 7.91. The third-order valence-corrected chi connectivity index (χ3v) is 5.48. The van der Waals surface area contributed by atoms with Gasteiger partial charge in [0.05, 0.1) is 12.0 Å². The zero-order valence-corrected chi connectivity index (χ0v) is 16.3. The molecule has 0 bridgehead atoms. The number of ether oxygens (including phenoxy) is 1. The molecule has 0 aliphatic carbocycles. The number of sulfonamides is 1. The number of nitrogens with two attached hydrogens (primary N) is 1. The van der Waals surface area contributed by atoms with Crippen molar-refractivity contribution in [3.05, 3.63) is 54.1 Å². The Hall–Kier alpha value is -2.42. The van der Waals surface area contributed by atoms with Gasteiger partial charge in [0.25, 0.3) is 0 Å². The van der Waals surface area contributed by atoms with Crippen molar-refractivity contribution in [1.29, 1.82) is 0 Å². The van der Waals surface area contributed by atoms with E-state index in [2.05, 4.69) is 10.0 Å². The van der Waals surface area contributed by atoms with E-state index in [1.807, 2.05) is 31.2 Å². The molecule has 7 nitrogen and oxygen atoms in total. The summed E-state index contributed by atoms with van der Waals surface area (Å²) in [7, 11) is -2.05. The highest BCUT2D eigenvalue weighted by Gasteiger charge is 2.15. The average molecular weight is 391 g/mol. The lowest BCUT2D eigenvalue weighted by atomic mass is 9.97. The van der Waals surface area contributed by atoms with Gasteiger partial charge < -0.3 is 15.8 Å². The summed E-state index contributed by atoms with van der Waals surface area (Å²) in [5, 5.41) is 2.75. The Labute approximate surface area is 160 Å². The molecule has 146 valence electrons. The van der Waals surface area contributed by atoms with Gasteiger partial charge in [-0.15, -0.1) is 0 Å². The molecule has 1 atom stereocenters. The van der Waals surface area contributed by atoms with Gasteiger partial charge in [-0.05, 0) is 41.8 Å². The summed E-state index contributed by atoms with van der Waals surface area (Å²) in [4.78, 5) is 12.4. The number of benzene rings is 2. The summed E-state index contributed by atoms with van der Waals surface area (Å²) in [5.74, 6) is 0.524. The van der Waals surface area contributed by atoms with Crippen molar-refractivity contribution in [2.24, 2.45) is 5.73 Å². The van der Waals surface area contributed by atoms with E-state index in [0.29, 0.717) is 5.69 Å². The summed E-state index contributed by atoms with van der Waals surface area (Å²) in [6.45, 7) is 2.31. The first kappa shape index (κ1) is 20.9. The lowest BCUT2D eigenvalue weighted by Gasteiger charge is -2.14. The number of hydrogen-bond donors (Lipinski definition) is 3. The first-order valence-corrected chi connectivity index (χ1v) is 10.1. The molecule has 0 heterocycles. The van der Waals surface area contributed by atoms with Gasteiger partial charge in [-0.25, -0.2) is 13.1 Å². The summed E-state index contributed by atoms with van der Waals surface area (Å²) >= 11 is 0. The van der Waals surface area contributed by atoms with E-state index in [-0.39, 0.29) is 36.2 Å². The normalized spacial score (nSPS) is 12.4. The standard InChI is InChI=1S/C19H25N3O4S/c1-14(15-5-3-7-17(12-15)26-2)11-19(23)22-16-6-4-8-18(13-16)27(24,25)21-10-9-20/h3-8,12-14,21H,9-11,20H2,1-2H3,(H,22,23). The van der Waals surface area contributed by atoms with Crippen LogP contribution >= 0.6 is 0 Å². The van der Waals surface area contributed by atoms with Crippen LogP contribution in [0.15, 0.2) is 53.4 Å². The van der Waals surface area contributed by atoms with Crippen molar-refractivity contribution in [3.8, 4) is 5.75 Å². The van der Waals surface area contributed by atoms with Crippen LogP contribution in [0.4, 0.5) is 5.69 Å². The predicted octanol–water partition coefficient (Wildman–Crippen LogP) is 2.06. The summed E-state index contributed by atoms with van der Waals surface area (Å²) < 4.78 is 31.9. The van der Waals surface area contributed by atoms with Crippen molar-refractivity contribution in [2.75, 3.05) is 25.5 Å². The maximum atomic E-state index is 12.4. The molecule has 2 aromatic rings.